The molecule has 2 aromatic carbocycles. The minimum Gasteiger partial charge on any atom is -0.390 e. The number of anilines is 1. The summed E-state index contributed by atoms with van der Waals surface area (Å²) in [5.74, 6) is -0.180. The molecule has 0 aliphatic heterocycles. The van der Waals surface area contributed by atoms with Gasteiger partial charge in [0.2, 0.25) is 5.91 Å². The van der Waals surface area contributed by atoms with E-state index in [9.17, 15) is 9.90 Å². The Bertz CT molecular complexity index is 743. The Kier molecular flexibility index (Phi) is 8.54. The van der Waals surface area contributed by atoms with Crippen LogP contribution in [-0.4, -0.2) is 60.6 Å². The topological polar surface area (TPSA) is 55.8 Å². The molecule has 0 fully saturated rings. The predicted octanol–water partition coefficient (Wildman–Crippen LogP) is 3.36. The molecular formula is C20H25Cl2N3O2. The molecule has 2 N–H and O–H groups in total. The third kappa shape index (κ3) is 7.87. The van der Waals surface area contributed by atoms with Crippen molar-refractivity contribution in [3.8, 4) is 0 Å². The number of hydrogen-bond donors (Lipinski definition) is 2. The van der Waals surface area contributed by atoms with Crippen molar-refractivity contribution in [3.63, 3.8) is 0 Å². The summed E-state index contributed by atoms with van der Waals surface area (Å²) in [6.45, 7) is 1.85. The highest BCUT2D eigenvalue weighted by atomic mass is 35.5. The summed E-state index contributed by atoms with van der Waals surface area (Å²) in [6.07, 6.45) is -0.554. The lowest BCUT2D eigenvalue weighted by Crippen LogP contribution is -2.40. The number of benzene rings is 2. The van der Waals surface area contributed by atoms with E-state index in [2.05, 4.69) is 22.3 Å². The fourth-order valence-corrected chi connectivity index (χ4v) is 3.12. The van der Waals surface area contributed by atoms with Crippen molar-refractivity contribution in [1.29, 1.82) is 0 Å². The van der Waals surface area contributed by atoms with Gasteiger partial charge in [0.25, 0.3) is 0 Å². The Morgan fingerprint density at radius 1 is 1.04 bits per heavy atom. The van der Waals surface area contributed by atoms with Gasteiger partial charge in [-0.2, -0.15) is 0 Å². The van der Waals surface area contributed by atoms with E-state index < -0.39 is 6.10 Å². The summed E-state index contributed by atoms with van der Waals surface area (Å²) < 4.78 is 0. The second-order valence-electron chi connectivity index (χ2n) is 6.71. The van der Waals surface area contributed by atoms with Crippen LogP contribution in [0.1, 0.15) is 5.56 Å². The van der Waals surface area contributed by atoms with E-state index in [1.54, 1.807) is 30.1 Å². The maximum Gasteiger partial charge on any atom is 0.238 e. The molecule has 0 radical (unpaired) electrons. The first kappa shape index (κ1) is 21.7. The largest absolute Gasteiger partial charge is 0.390 e. The first-order valence-corrected chi connectivity index (χ1v) is 9.43. The van der Waals surface area contributed by atoms with Crippen molar-refractivity contribution in [1.82, 2.24) is 9.80 Å². The fraction of sp³-hybridized carbons (Fsp3) is 0.350. The number of rotatable bonds is 9. The second-order valence-corrected chi connectivity index (χ2v) is 7.52. The average Bonchev–Trinajstić information content (AvgIpc) is 2.58. The van der Waals surface area contributed by atoms with Crippen LogP contribution in [0.15, 0.2) is 48.5 Å². The van der Waals surface area contributed by atoms with Gasteiger partial charge in [-0.25, -0.2) is 0 Å². The molecule has 2 rings (SSSR count). The van der Waals surface area contributed by atoms with Crippen molar-refractivity contribution < 1.29 is 9.90 Å². The molecule has 2 aromatic rings. The third-order valence-electron chi connectivity index (χ3n) is 3.96. The van der Waals surface area contributed by atoms with Crippen LogP contribution >= 0.6 is 23.2 Å². The Morgan fingerprint density at radius 2 is 1.70 bits per heavy atom. The molecule has 0 saturated heterocycles. The number of carbonyl (C=O) groups excluding carboxylic acids is 1. The third-order valence-corrected chi connectivity index (χ3v) is 4.70. The lowest BCUT2D eigenvalue weighted by Gasteiger charge is -2.24. The number of nitrogens with zero attached hydrogens (tertiary/aromatic N) is 2. The maximum absolute atomic E-state index is 12.1. The van der Waals surface area contributed by atoms with Crippen LogP contribution in [0.3, 0.4) is 0 Å². The molecule has 0 saturated carbocycles. The molecule has 0 bridgehead atoms. The van der Waals surface area contributed by atoms with E-state index in [1.807, 2.05) is 25.2 Å². The van der Waals surface area contributed by atoms with E-state index in [4.69, 9.17) is 23.2 Å². The van der Waals surface area contributed by atoms with Gasteiger partial charge in [-0.1, -0.05) is 53.5 Å². The van der Waals surface area contributed by atoms with Gasteiger partial charge in [0.15, 0.2) is 0 Å². The highest BCUT2D eigenvalue weighted by Crippen LogP contribution is 2.24. The highest BCUT2D eigenvalue weighted by Gasteiger charge is 2.14. The van der Waals surface area contributed by atoms with Crippen molar-refractivity contribution in [3.05, 3.63) is 64.1 Å². The number of likely N-dealkylation sites (N-methyl/N-ethyl adjacent to an activating group) is 2. The highest BCUT2D eigenvalue weighted by molar-refractivity contribution is 6.42. The zero-order valence-electron chi connectivity index (χ0n) is 15.5. The summed E-state index contributed by atoms with van der Waals surface area (Å²) >= 11 is 11.8. The van der Waals surface area contributed by atoms with Gasteiger partial charge in [0.1, 0.15) is 0 Å². The van der Waals surface area contributed by atoms with Crippen molar-refractivity contribution in [2.75, 3.05) is 39.0 Å². The molecule has 5 nitrogen and oxygen atoms in total. The summed E-state index contributed by atoms with van der Waals surface area (Å²) in [5.41, 5.74) is 1.78. The van der Waals surface area contributed by atoms with Gasteiger partial charge in [-0.05, 0) is 37.9 Å². The molecule has 0 aliphatic carbocycles. The smallest absolute Gasteiger partial charge is 0.238 e. The molecule has 146 valence electrons. The minimum atomic E-state index is -0.554. The van der Waals surface area contributed by atoms with E-state index >= 15 is 0 Å². The number of nitrogens with one attached hydrogen (secondary N) is 1. The number of hydrogen-bond acceptors (Lipinski definition) is 4. The van der Waals surface area contributed by atoms with Gasteiger partial charge < -0.3 is 10.4 Å². The fourth-order valence-electron chi connectivity index (χ4n) is 2.82. The Morgan fingerprint density at radius 3 is 2.37 bits per heavy atom. The lowest BCUT2D eigenvalue weighted by molar-refractivity contribution is -0.117. The standard InChI is InChI=1S/C20H25Cl2N3O2/c1-24(11-15-6-4-3-5-7-15)12-17(26)13-25(2)14-20(27)23-16-8-9-18(21)19(22)10-16/h3-10,17,26H,11-14H2,1-2H3,(H,23,27). The molecule has 1 unspecified atom stereocenters. The Hall–Kier alpha value is -1.63. The number of aliphatic hydroxyl groups excluding tert-OH is 1. The summed E-state index contributed by atoms with van der Waals surface area (Å²) in [7, 11) is 3.77. The maximum atomic E-state index is 12.1. The molecule has 1 atom stereocenters. The minimum absolute atomic E-state index is 0.166. The lowest BCUT2D eigenvalue weighted by atomic mass is 10.2. The summed E-state index contributed by atoms with van der Waals surface area (Å²) in [4.78, 5) is 16.0. The number of carbonyl (C=O) groups is 1. The zero-order valence-corrected chi connectivity index (χ0v) is 17.0. The second kappa shape index (κ2) is 10.6. The molecular weight excluding hydrogens is 385 g/mol. The van der Waals surface area contributed by atoms with Gasteiger partial charge in [-0.15, -0.1) is 0 Å². The quantitative estimate of drug-likeness (QED) is 0.666. The van der Waals surface area contributed by atoms with Crippen LogP contribution in [0.2, 0.25) is 10.0 Å². The summed E-state index contributed by atoms with van der Waals surface area (Å²) in [5, 5.41) is 13.9. The van der Waals surface area contributed by atoms with Crippen molar-refractivity contribution >= 4 is 34.8 Å². The summed E-state index contributed by atoms with van der Waals surface area (Å²) in [6, 6.07) is 15.0. The zero-order chi connectivity index (χ0) is 19.8. The van der Waals surface area contributed by atoms with Crippen molar-refractivity contribution in [2.45, 2.75) is 12.6 Å². The number of halogens is 2. The van der Waals surface area contributed by atoms with Crippen LogP contribution in [0.5, 0.6) is 0 Å². The molecule has 0 aliphatic rings. The van der Waals surface area contributed by atoms with E-state index in [1.165, 1.54) is 5.56 Å². The normalized spacial score (nSPS) is 12.4. The van der Waals surface area contributed by atoms with Gasteiger partial charge >= 0.3 is 0 Å². The molecule has 7 heteroatoms. The Balaban J connectivity index is 1.74. The average molecular weight is 410 g/mol. The number of amides is 1. The molecule has 0 spiro atoms. The predicted molar refractivity (Wildman–Crippen MR) is 111 cm³/mol. The van der Waals surface area contributed by atoms with E-state index in [0.29, 0.717) is 28.8 Å². The van der Waals surface area contributed by atoms with Gasteiger partial charge in [0, 0.05) is 25.3 Å². The van der Waals surface area contributed by atoms with Crippen molar-refractivity contribution in [2.24, 2.45) is 0 Å². The number of aliphatic hydroxyl groups is 1. The first-order chi connectivity index (χ1) is 12.8. The SMILES string of the molecule is CN(CC(=O)Nc1ccc(Cl)c(Cl)c1)CC(O)CN(C)Cc1ccccc1. The van der Waals surface area contributed by atoms with Gasteiger partial charge in [-0.3, -0.25) is 14.6 Å². The van der Waals surface area contributed by atoms with E-state index in [0.717, 1.165) is 6.54 Å². The molecule has 27 heavy (non-hydrogen) atoms. The van der Waals surface area contributed by atoms with Gasteiger partial charge in [0.05, 0.1) is 22.7 Å². The Labute approximate surface area is 170 Å². The first-order valence-electron chi connectivity index (χ1n) is 8.67. The molecule has 1 amide bonds. The van der Waals surface area contributed by atoms with E-state index in [-0.39, 0.29) is 12.5 Å². The van der Waals surface area contributed by atoms with Crippen LogP contribution in [0.25, 0.3) is 0 Å². The van der Waals surface area contributed by atoms with Crippen LogP contribution < -0.4 is 5.32 Å². The van der Waals surface area contributed by atoms with Crippen LogP contribution in [0.4, 0.5) is 5.69 Å². The monoisotopic (exact) mass is 409 g/mol. The molecule has 0 heterocycles. The molecule has 0 aromatic heterocycles. The van der Waals surface area contributed by atoms with Crippen LogP contribution in [-0.2, 0) is 11.3 Å². The van der Waals surface area contributed by atoms with Crippen LogP contribution in [0, 0.1) is 0 Å².